The molecule has 12 heavy (non-hydrogen) atoms. The molecule has 0 unspecified atom stereocenters. The molecule has 66 valence electrons. The molecule has 0 bridgehead atoms. The first kappa shape index (κ1) is 9.46. The molecule has 0 fully saturated rings. The summed E-state index contributed by atoms with van der Waals surface area (Å²) in [6.45, 7) is 6.43. The largest absolute Gasteiger partial charge is 0.398 e. The highest BCUT2D eigenvalue weighted by molar-refractivity contribution is 7.80. The van der Waals surface area contributed by atoms with Crippen LogP contribution < -0.4 is 5.73 Å². The lowest BCUT2D eigenvalue weighted by Crippen LogP contribution is -2.13. The van der Waals surface area contributed by atoms with Gasteiger partial charge >= 0.3 is 0 Å². The maximum Gasteiger partial charge on any atom is 0.0487 e. The Hall–Kier alpha value is -0.630. The van der Waals surface area contributed by atoms with Crippen LogP contribution in [0.2, 0.25) is 0 Å². The van der Waals surface area contributed by atoms with Crippen molar-refractivity contribution in [3.05, 3.63) is 23.8 Å². The molecular formula is C10H15NS. The fraction of sp³-hybridized carbons (Fsp3) is 0.400. The second-order valence-corrected chi connectivity index (χ2v) is 4.47. The summed E-state index contributed by atoms with van der Waals surface area (Å²) in [5.74, 6) is 0. The van der Waals surface area contributed by atoms with Gasteiger partial charge in [-0.05, 0) is 17.0 Å². The molecule has 2 heteroatoms. The minimum Gasteiger partial charge on any atom is -0.398 e. The van der Waals surface area contributed by atoms with Crippen LogP contribution in [-0.2, 0) is 5.41 Å². The van der Waals surface area contributed by atoms with E-state index in [1.807, 2.05) is 12.1 Å². The van der Waals surface area contributed by atoms with Crippen molar-refractivity contribution in [2.45, 2.75) is 31.1 Å². The monoisotopic (exact) mass is 181 g/mol. The molecule has 0 spiro atoms. The van der Waals surface area contributed by atoms with Crippen molar-refractivity contribution in [2.24, 2.45) is 0 Å². The smallest absolute Gasteiger partial charge is 0.0487 e. The Balaban J connectivity index is 3.26. The number of rotatable bonds is 0. The molecule has 0 saturated carbocycles. The van der Waals surface area contributed by atoms with Crippen LogP contribution in [0.3, 0.4) is 0 Å². The molecule has 1 aromatic rings. The molecule has 0 amide bonds. The lowest BCUT2D eigenvalue weighted by atomic mass is 9.86. The van der Waals surface area contributed by atoms with Gasteiger partial charge in [-0.1, -0.05) is 32.9 Å². The first-order chi connectivity index (χ1) is 5.43. The number of hydrogen-bond acceptors (Lipinski definition) is 2. The van der Waals surface area contributed by atoms with E-state index in [1.54, 1.807) is 0 Å². The third-order valence-corrected chi connectivity index (χ3v) is 2.28. The topological polar surface area (TPSA) is 26.0 Å². The Kier molecular flexibility index (Phi) is 2.38. The van der Waals surface area contributed by atoms with Crippen molar-refractivity contribution in [1.29, 1.82) is 0 Å². The minimum absolute atomic E-state index is 0.100. The van der Waals surface area contributed by atoms with Gasteiger partial charge in [0.25, 0.3) is 0 Å². The van der Waals surface area contributed by atoms with Gasteiger partial charge in [-0.3, -0.25) is 0 Å². The summed E-state index contributed by atoms with van der Waals surface area (Å²) in [5.41, 5.74) is 7.95. The molecule has 0 saturated heterocycles. The van der Waals surface area contributed by atoms with Gasteiger partial charge in [-0.15, -0.1) is 12.6 Å². The summed E-state index contributed by atoms with van der Waals surface area (Å²) in [7, 11) is 0. The molecular weight excluding hydrogens is 166 g/mol. The molecule has 0 atom stereocenters. The van der Waals surface area contributed by atoms with Crippen LogP contribution in [0.5, 0.6) is 0 Å². The molecule has 2 N–H and O–H groups in total. The average molecular weight is 181 g/mol. The third kappa shape index (κ3) is 1.75. The Morgan fingerprint density at radius 1 is 1.25 bits per heavy atom. The summed E-state index contributed by atoms with van der Waals surface area (Å²) in [4.78, 5) is 0.863. The van der Waals surface area contributed by atoms with Crippen LogP contribution in [0.15, 0.2) is 23.1 Å². The lowest BCUT2D eigenvalue weighted by Gasteiger charge is -2.21. The number of para-hydroxylation sites is 1. The quantitative estimate of drug-likeness (QED) is 0.467. The molecule has 0 radical (unpaired) electrons. The zero-order valence-corrected chi connectivity index (χ0v) is 8.65. The van der Waals surface area contributed by atoms with Crippen molar-refractivity contribution in [2.75, 3.05) is 5.73 Å². The van der Waals surface area contributed by atoms with Crippen molar-refractivity contribution < 1.29 is 0 Å². The fourth-order valence-electron chi connectivity index (χ4n) is 1.21. The Morgan fingerprint density at radius 2 is 1.83 bits per heavy atom. The summed E-state index contributed by atoms with van der Waals surface area (Å²) >= 11 is 4.27. The number of benzene rings is 1. The summed E-state index contributed by atoms with van der Waals surface area (Å²) in [5, 5.41) is 0. The predicted molar refractivity (Wildman–Crippen MR) is 56.8 cm³/mol. The van der Waals surface area contributed by atoms with Crippen LogP contribution in [-0.4, -0.2) is 0 Å². The van der Waals surface area contributed by atoms with E-state index < -0.39 is 0 Å². The van der Waals surface area contributed by atoms with Gasteiger partial charge in [0.05, 0.1) is 0 Å². The van der Waals surface area contributed by atoms with Crippen molar-refractivity contribution in [1.82, 2.24) is 0 Å². The van der Waals surface area contributed by atoms with Crippen LogP contribution in [0, 0.1) is 0 Å². The second-order valence-electron chi connectivity index (χ2n) is 3.99. The third-order valence-electron chi connectivity index (χ3n) is 1.89. The standard InChI is InChI=1S/C10H15NS/c1-10(2,3)7-5-4-6-8(12)9(7)11/h4-6,12H,11H2,1-3H3. The van der Waals surface area contributed by atoms with Crippen LogP contribution >= 0.6 is 12.6 Å². The maximum absolute atomic E-state index is 5.89. The van der Waals surface area contributed by atoms with Gasteiger partial charge in [0.1, 0.15) is 0 Å². The molecule has 0 aromatic heterocycles. The fourth-order valence-corrected chi connectivity index (χ4v) is 1.41. The van der Waals surface area contributed by atoms with E-state index in [1.165, 1.54) is 0 Å². The van der Waals surface area contributed by atoms with Crippen LogP contribution in [0.1, 0.15) is 26.3 Å². The van der Waals surface area contributed by atoms with Gasteiger partial charge in [0, 0.05) is 10.6 Å². The number of nitrogens with two attached hydrogens (primary N) is 1. The summed E-state index contributed by atoms with van der Waals surface area (Å²) in [6, 6.07) is 5.95. The van der Waals surface area contributed by atoms with Gasteiger partial charge in [0.15, 0.2) is 0 Å². The molecule has 0 aliphatic rings. The maximum atomic E-state index is 5.89. The highest BCUT2D eigenvalue weighted by Crippen LogP contribution is 2.31. The molecule has 0 aliphatic heterocycles. The Morgan fingerprint density at radius 3 is 2.25 bits per heavy atom. The Bertz CT molecular complexity index is 286. The zero-order valence-electron chi connectivity index (χ0n) is 7.76. The number of thiol groups is 1. The van der Waals surface area contributed by atoms with E-state index in [4.69, 9.17) is 5.73 Å². The average Bonchev–Trinajstić information content (AvgIpc) is 1.92. The van der Waals surface area contributed by atoms with E-state index in [2.05, 4.69) is 39.5 Å². The van der Waals surface area contributed by atoms with E-state index in [0.717, 1.165) is 16.1 Å². The second kappa shape index (κ2) is 3.02. The van der Waals surface area contributed by atoms with Crippen LogP contribution in [0.25, 0.3) is 0 Å². The predicted octanol–water partition coefficient (Wildman–Crippen LogP) is 2.86. The Labute approximate surface area is 79.4 Å². The van der Waals surface area contributed by atoms with Crippen LogP contribution in [0.4, 0.5) is 5.69 Å². The van der Waals surface area contributed by atoms with E-state index >= 15 is 0 Å². The van der Waals surface area contributed by atoms with Gasteiger partial charge in [-0.25, -0.2) is 0 Å². The highest BCUT2D eigenvalue weighted by atomic mass is 32.1. The zero-order chi connectivity index (χ0) is 9.35. The molecule has 1 nitrogen and oxygen atoms in total. The molecule has 0 heterocycles. The van der Waals surface area contributed by atoms with Gasteiger partial charge < -0.3 is 5.73 Å². The first-order valence-electron chi connectivity index (χ1n) is 4.01. The van der Waals surface area contributed by atoms with Gasteiger partial charge in [-0.2, -0.15) is 0 Å². The van der Waals surface area contributed by atoms with E-state index in [0.29, 0.717) is 0 Å². The minimum atomic E-state index is 0.100. The molecule has 0 aliphatic carbocycles. The molecule has 1 rings (SSSR count). The summed E-state index contributed by atoms with van der Waals surface area (Å²) in [6.07, 6.45) is 0. The van der Waals surface area contributed by atoms with E-state index in [9.17, 15) is 0 Å². The van der Waals surface area contributed by atoms with Crippen molar-refractivity contribution in [3.63, 3.8) is 0 Å². The van der Waals surface area contributed by atoms with Crippen molar-refractivity contribution >= 4 is 18.3 Å². The normalized spacial score (nSPS) is 11.7. The summed E-state index contributed by atoms with van der Waals surface area (Å²) < 4.78 is 0. The number of anilines is 1. The van der Waals surface area contributed by atoms with Crippen molar-refractivity contribution in [3.8, 4) is 0 Å². The SMILES string of the molecule is CC(C)(C)c1cccc(S)c1N. The highest BCUT2D eigenvalue weighted by Gasteiger charge is 2.17. The lowest BCUT2D eigenvalue weighted by molar-refractivity contribution is 0.591. The number of hydrogen-bond donors (Lipinski definition) is 2. The number of nitrogen functional groups attached to an aromatic ring is 1. The van der Waals surface area contributed by atoms with Gasteiger partial charge in [0.2, 0.25) is 0 Å². The van der Waals surface area contributed by atoms with E-state index in [-0.39, 0.29) is 5.41 Å². The first-order valence-corrected chi connectivity index (χ1v) is 4.45. The molecule has 1 aromatic carbocycles.